The van der Waals surface area contributed by atoms with Gasteiger partial charge in [0.05, 0.1) is 24.9 Å². The van der Waals surface area contributed by atoms with Crippen molar-refractivity contribution in [2.75, 3.05) is 6.54 Å². The Kier molecular flexibility index (Phi) is 6.66. The van der Waals surface area contributed by atoms with Crippen LogP contribution in [0.3, 0.4) is 0 Å². The van der Waals surface area contributed by atoms with E-state index >= 15 is 0 Å². The number of nitrogens with one attached hydrogen (secondary N) is 2. The van der Waals surface area contributed by atoms with Crippen molar-refractivity contribution >= 4 is 5.96 Å². The van der Waals surface area contributed by atoms with Gasteiger partial charge in [0.1, 0.15) is 5.75 Å². The van der Waals surface area contributed by atoms with Gasteiger partial charge in [0.2, 0.25) is 0 Å². The van der Waals surface area contributed by atoms with Crippen molar-refractivity contribution in [2.45, 2.75) is 40.0 Å². The molecule has 2 N–H and O–H groups in total. The van der Waals surface area contributed by atoms with E-state index in [4.69, 9.17) is 4.74 Å². The summed E-state index contributed by atoms with van der Waals surface area (Å²) in [4.78, 5) is 4.64. The third-order valence-electron chi connectivity index (χ3n) is 3.39. The molecule has 1 aromatic heterocycles. The number of hydrogen-bond acceptors (Lipinski definition) is 3. The molecule has 0 aliphatic rings. The average molecular weight is 329 g/mol. The summed E-state index contributed by atoms with van der Waals surface area (Å²) in [5.41, 5.74) is 2.22. The van der Waals surface area contributed by atoms with Crippen LogP contribution >= 0.6 is 0 Å². The van der Waals surface area contributed by atoms with E-state index in [0.717, 1.165) is 29.5 Å². The molecular formula is C18H27N5O. The highest BCUT2D eigenvalue weighted by atomic mass is 16.5. The van der Waals surface area contributed by atoms with E-state index in [1.165, 1.54) is 0 Å². The lowest BCUT2D eigenvalue weighted by Gasteiger charge is -2.12. The number of guanidine groups is 1. The van der Waals surface area contributed by atoms with Crippen LogP contribution in [0.15, 0.2) is 41.5 Å². The third-order valence-corrected chi connectivity index (χ3v) is 3.39. The molecule has 0 aliphatic carbocycles. The second-order valence-corrected chi connectivity index (χ2v) is 5.81. The standard InChI is InChI=1S/C18H27N5O/c1-5-19-18(21-13-16-9-10-22-23(16)4)20-12-15-7-6-8-17(11-15)24-14(2)3/h6-11,14H,5,12-13H2,1-4H3,(H2,19,20,21). The summed E-state index contributed by atoms with van der Waals surface area (Å²) in [6, 6.07) is 10.1. The van der Waals surface area contributed by atoms with Crippen LogP contribution in [0.25, 0.3) is 0 Å². The van der Waals surface area contributed by atoms with Crippen LogP contribution in [-0.4, -0.2) is 28.4 Å². The average Bonchev–Trinajstić information content (AvgIpc) is 2.95. The number of nitrogens with zero attached hydrogens (tertiary/aromatic N) is 3. The van der Waals surface area contributed by atoms with Gasteiger partial charge in [-0.05, 0) is 44.5 Å². The Morgan fingerprint density at radius 3 is 2.79 bits per heavy atom. The van der Waals surface area contributed by atoms with Gasteiger partial charge in [-0.15, -0.1) is 0 Å². The highest BCUT2D eigenvalue weighted by Gasteiger charge is 2.03. The van der Waals surface area contributed by atoms with Gasteiger partial charge in [-0.3, -0.25) is 4.68 Å². The number of rotatable bonds is 7. The van der Waals surface area contributed by atoms with Gasteiger partial charge in [-0.25, -0.2) is 4.99 Å². The number of ether oxygens (including phenoxy) is 1. The minimum absolute atomic E-state index is 0.168. The van der Waals surface area contributed by atoms with Crippen molar-refractivity contribution in [3.05, 3.63) is 47.8 Å². The maximum Gasteiger partial charge on any atom is 0.191 e. The molecule has 2 rings (SSSR count). The molecule has 6 heteroatoms. The number of aromatic nitrogens is 2. The van der Waals surface area contributed by atoms with Crippen LogP contribution in [0.2, 0.25) is 0 Å². The van der Waals surface area contributed by atoms with Crippen molar-refractivity contribution in [3.63, 3.8) is 0 Å². The van der Waals surface area contributed by atoms with Gasteiger partial charge in [0.15, 0.2) is 5.96 Å². The van der Waals surface area contributed by atoms with Gasteiger partial charge in [0, 0.05) is 19.8 Å². The predicted octanol–water partition coefficient (Wildman–Crippen LogP) is 2.46. The summed E-state index contributed by atoms with van der Waals surface area (Å²) < 4.78 is 7.58. The third kappa shape index (κ3) is 5.61. The molecule has 1 heterocycles. The highest BCUT2D eigenvalue weighted by molar-refractivity contribution is 5.79. The van der Waals surface area contributed by atoms with Gasteiger partial charge >= 0.3 is 0 Å². The summed E-state index contributed by atoms with van der Waals surface area (Å²) >= 11 is 0. The minimum atomic E-state index is 0.168. The molecule has 130 valence electrons. The maximum absolute atomic E-state index is 5.73. The van der Waals surface area contributed by atoms with E-state index in [9.17, 15) is 0 Å². The molecule has 0 saturated heterocycles. The first-order valence-electron chi connectivity index (χ1n) is 8.33. The molecule has 0 amide bonds. The Morgan fingerprint density at radius 2 is 2.12 bits per heavy atom. The summed E-state index contributed by atoms with van der Waals surface area (Å²) in [5, 5.41) is 10.8. The van der Waals surface area contributed by atoms with Crippen LogP contribution in [0.5, 0.6) is 5.75 Å². The molecule has 2 aromatic rings. The van der Waals surface area contributed by atoms with Crippen LogP contribution in [0.1, 0.15) is 32.0 Å². The molecule has 0 aliphatic heterocycles. The van der Waals surface area contributed by atoms with E-state index < -0.39 is 0 Å². The minimum Gasteiger partial charge on any atom is -0.491 e. The van der Waals surface area contributed by atoms with Crippen molar-refractivity contribution in [1.82, 2.24) is 20.4 Å². The van der Waals surface area contributed by atoms with Crippen LogP contribution in [0, 0.1) is 0 Å². The zero-order valence-corrected chi connectivity index (χ0v) is 14.9. The number of hydrogen-bond donors (Lipinski definition) is 2. The SMILES string of the molecule is CCNC(=NCc1cccc(OC(C)C)c1)NCc1ccnn1C. The van der Waals surface area contributed by atoms with Crippen molar-refractivity contribution in [1.29, 1.82) is 0 Å². The van der Waals surface area contributed by atoms with Crippen molar-refractivity contribution in [2.24, 2.45) is 12.0 Å². The van der Waals surface area contributed by atoms with Gasteiger partial charge < -0.3 is 15.4 Å². The van der Waals surface area contributed by atoms with E-state index in [2.05, 4.69) is 33.7 Å². The first-order valence-corrected chi connectivity index (χ1v) is 8.33. The fraction of sp³-hybridized carbons (Fsp3) is 0.444. The zero-order valence-electron chi connectivity index (χ0n) is 14.9. The largest absolute Gasteiger partial charge is 0.491 e. The maximum atomic E-state index is 5.73. The molecule has 0 unspecified atom stereocenters. The van der Waals surface area contributed by atoms with Crippen LogP contribution in [0.4, 0.5) is 0 Å². The van der Waals surface area contributed by atoms with Crippen LogP contribution in [-0.2, 0) is 20.1 Å². The Bertz CT molecular complexity index is 663. The Balaban J connectivity index is 1.98. The van der Waals surface area contributed by atoms with Crippen LogP contribution < -0.4 is 15.4 Å². The Hall–Kier alpha value is -2.50. The van der Waals surface area contributed by atoms with Gasteiger partial charge in [-0.1, -0.05) is 12.1 Å². The molecular weight excluding hydrogens is 302 g/mol. The van der Waals surface area contributed by atoms with E-state index in [1.807, 2.05) is 49.8 Å². The highest BCUT2D eigenvalue weighted by Crippen LogP contribution is 2.15. The summed E-state index contributed by atoms with van der Waals surface area (Å²) in [7, 11) is 1.93. The molecule has 1 aromatic carbocycles. The fourth-order valence-corrected chi connectivity index (χ4v) is 2.25. The number of aryl methyl sites for hydroxylation is 1. The first kappa shape index (κ1) is 17.8. The number of benzene rings is 1. The molecule has 24 heavy (non-hydrogen) atoms. The van der Waals surface area contributed by atoms with E-state index in [1.54, 1.807) is 6.20 Å². The summed E-state index contributed by atoms with van der Waals surface area (Å²) in [6.45, 7) is 8.19. The zero-order chi connectivity index (χ0) is 17.4. The molecule has 0 atom stereocenters. The normalized spacial score (nSPS) is 11.6. The van der Waals surface area contributed by atoms with Crippen molar-refractivity contribution < 1.29 is 4.74 Å². The Morgan fingerprint density at radius 1 is 1.29 bits per heavy atom. The second-order valence-electron chi connectivity index (χ2n) is 5.81. The molecule has 0 bridgehead atoms. The predicted molar refractivity (Wildman–Crippen MR) is 97.1 cm³/mol. The summed E-state index contributed by atoms with van der Waals surface area (Å²) in [5.74, 6) is 1.67. The molecule has 0 radical (unpaired) electrons. The fourth-order valence-electron chi connectivity index (χ4n) is 2.25. The molecule has 0 fully saturated rings. The smallest absolute Gasteiger partial charge is 0.191 e. The molecule has 6 nitrogen and oxygen atoms in total. The molecule has 0 spiro atoms. The quantitative estimate of drug-likeness (QED) is 0.605. The van der Waals surface area contributed by atoms with Crippen molar-refractivity contribution in [3.8, 4) is 5.75 Å². The number of aliphatic imine (C=N–C) groups is 1. The first-order chi connectivity index (χ1) is 11.6. The lowest BCUT2D eigenvalue weighted by Crippen LogP contribution is -2.37. The monoisotopic (exact) mass is 329 g/mol. The summed E-state index contributed by atoms with van der Waals surface area (Å²) in [6.07, 6.45) is 1.96. The Labute approximate surface area is 143 Å². The molecule has 0 saturated carbocycles. The lowest BCUT2D eigenvalue weighted by molar-refractivity contribution is 0.242. The second kappa shape index (κ2) is 8.96. The van der Waals surface area contributed by atoms with Gasteiger partial charge in [0.25, 0.3) is 0 Å². The lowest BCUT2D eigenvalue weighted by atomic mass is 10.2. The van der Waals surface area contributed by atoms with E-state index in [0.29, 0.717) is 13.1 Å². The van der Waals surface area contributed by atoms with Gasteiger partial charge in [-0.2, -0.15) is 5.10 Å². The van der Waals surface area contributed by atoms with E-state index in [-0.39, 0.29) is 6.10 Å². The topological polar surface area (TPSA) is 63.5 Å².